The quantitative estimate of drug-likeness (QED) is 0.682. The van der Waals surface area contributed by atoms with Crippen LogP contribution in [0.2, 0.25) is 0 Å². The first-order valence-electron chi connectivity index (χ1n) is 8.49. The molecule has 136 valence electrons. The zero-order valence-electron chi connectivity index (χ0n) is 14.9. The van der Waals surface area contributed by atoms with Crippen LogP contribution >= 0.6 is 0 Å². The minimum absolute atomic E-state index is 0.0675. The molecule has 0 saturated heterocycles. The van der Waals surface area contributed by atoms with E-state index >= 15 is 0 Å². The lowest BCUT2D eigenvalue weighted by atomic mass is 10.0. The van der Waals surface area contributed by atoms with Gasteiger partial charge in [-0.05, 0) is 30.5 Å². The van der Waals surface area contributed by atoms with Crippen molar-refractivity contribution in [2.24, 2.45) is 0 Å². The fourth-order valence-electron chi connectivity index (χ4n) is 2.50. The van der Waals surface area contributed by atoms with E-state index in [9.17, 15) is 9.59 Å². The van der Waals surface area contributed by atoms with Gasteiger partial charge in [0.25, 0.3) is 5.91 Å². The van der Waals surface area contributed by atoms with E-state index in [1.165, 1.54) is 12.4 Å². The van der Waals surface area contributed by atoms with Gasteiger partial charge in [0.1, 0.15) is 0 Å². The van der Waals surface area contributed by atoms with E-state index in [2.05, 4.69) is 15.3 Å². The average molecular weight is 361 g/mol. The Kier molecular flexibility index (Phi) is 5.89. The molecule has 0 bridgehead atoms. The number of anilines is 1. The molecule has 0 aliphatic carbocycles. The number of hydrogen-bond donors (Lipinski definition) is 1. The minimum atomic E-state index is -0.685. The predicted octanol–water partition coefficient (Wildman–Crippen LogP) is 3.17. The van der Waals surface area contributed by atoms with Crippen molar-refractivity contribution in [3.8, 4) is 0 Å². The number of aromatic nitrogens is 2. The molecule has 0 radical (unpaired) electrons. The number of benzene rings is 2. The van der Waals surface area contributed by atoms with E-state index in [4.69, 9.17) is 4.74 Å². The molecule has 27 heavy (non-hydrogen) atoms. The molecular weight excluding hydrogens is 342 g/mol. The zero-order valence-corrected chi connectivity index (χ0v) is 14.9. The molecule has 2 aromatic carbocycles. The normalized spacial score (nSPS) is 10.3. The Morgan fingerprint density at radius 3 is 2.44 bits per heavy atom. The highest BCUT2D eigenvalue weighted by Crippen LogP contribution is 2.19. The van der Waals surface area contributed by atoms with Gasteiger partial charge in [-0.1, -0.05) is 48.5 Å². The summed E-state index contributed by atoms with van der Waals surface area (Å²) >= 11 is 0. The van der Waals surface area contributed by atoms with Crippen molar-refractivity contribution >= 4 is 17.6 Å². The van der Waals surface area contributed by atoms with Gasteiger partial charge < -0.3 is 10.1 Å². The molecule has 6 nitrogen and oxygen atoms in total. The van der Waals surface area contributed by atoms with Crippen molar-refractivity contribution in [2.45, 2.75) is 13.3 Å². The van der Waals surface area contributed by atoms with Gasteiger partial charge in [-0.2, -0.15) is 0 Å². The first-order valence-corrected chi connectivity index (χ1v) is 8.49. The number of ether oxygens (including phenoxy) is 1. The Bertz CT molecular complexity index is 925. The molecule has 6 heteroatoms. The van der Waals surface area contributed by atoms with Crippen molar-refractivity contribution in [1.29, 1.82) is 0 Å². The van der Waals surface area contributed by atoms with E-state index in [1.54, 1.807) is 6.92 Å². The Balaban J connectivity index is 1.59. The Labute approximate surface area is 157 Å². The Morgan fingerprint density at radius 2 is 1.70 bits per heavy atom. The van der Waals surface area contributed by atoms with E-state index in [1.807, 2.05) is 54.6 Å². The van der Waals surface area contributed by atoms with E-state index < -0.39 is 18.5 Å². The van der Waals surface area contributed by atoms with Crippen molar-refractivity contribution in [3.63, 3.8) is 0 Å². The lowest BCUT2D eigenvalue weighted by Crippen LogP contribution is -2.22. The summed E-state index contributed by atoms with van der Waals surface area (Å²) < 4.78 is 5.01. The van der Waals surface area contributed by atoms with Crippen LogP contribution in [0.15, 0.2) is 67.0 Å². The summed E-state index contributed by atoms with van der Waals surface area (Å²) in [6, 6.07) is 17.5. The topological polar surface area (TPSA) is 81.2 Å². The zero-order chi connectivity index (χ0) is 19.1. The third-order valence-corrected chi connectivity index (χ3v) is 3.85. The molecule has 0 unspecified atom stereocenters. The summed E-state index contributed by atoms with van der Waals surface area (Å²) in [7, 11) is 0. The van der Waals surface area contributed by atoms with Crippen LogP contribution < -0.4 is 5.32 Å². The third kappa shape index (κ3) is 5.22. The Hall–Kier alpha value is -3.54. The second-order valence-electron chi connectivity index (χ2n) is 5.99. The maximum absolute atomic E-state index is 12.2. The number of esters is 1. The molecule has 1 amide bonds. The summed E-state index contributed by atoms with van der Waals surface area (Å²) in [5, 5.41) is 2.79. The van der Waals surface area contributed by atoms with E-state index in [0.717, 1.165) is 11.1 Å². The van der Waals surface area contributed by atoms with Gasteiger partial charge in [0.2, 0.25) is 0 Å². The van der Waals surface area contributed by atoms with Gasteiger partial charge in [-0.3, -0.25) is 9.78 Å². The lowest BCUT2D eigenvalue weighted by Gasteiger charge is -2.11. The molecule has 3 aromatic rings. The number of nitrogens with one attached hydrogen (secondary N) is 1. The fourth-order valence-corrected chi connectivity index (χ4v) is 2.50. The standard InChI is InChI=1S/C21H19N3O3/c1-15-12-23-19(13-22-15)21(26)27-14-20(25)24-18-10-6-5-9-17(18)11-16-7-3-2-4-8-16/h2-10,12-13H,11,14H2,1H3,(H,24,25). The van der Waals surface area contributed by atoms with Crippen LogP contribution in [0.4, 0.5) is 5.69 Å². The van der Waals surface area contributed by atoms with Crippen LogP contribution in [0.1, 0.15) is 27.3 Å². The highest BCUT2D eigenvalue weighted by atomic mass is 16.5. The van der Waals surface area contributed by atoms with Gasteiger partial charge in [0.05, 0.1) is 11.9 Å². The first kappa shape index (κ1) is 18.3. The third-order valence-electron chi connectivity index (χ3n) is 3.85. The van der Waals surface area contributed by atoms with Crippen LogP contribution in [0.5, 0.6) is 0 Å². The molecule has 1 N–H and O–H groups in total. The van der Waals surface area contributed by atoms with E-state index in [-0.39, 0.29) is 5.69 Å². The maximum Gasteiger partial charge on any atom is 0.359 e. The fraction of sp³-hybridized carbons (Fsp3) is 0.143. The summed E-state index contributed by atoms with van der Waals surface area (Å²) in [6.07, 6.45) is 3.48. The number of para-hydroxylation sites is 1. The van der Waals surface area contributed by atoms with Gasteiger partial charge in [0, 0.05) is 11.9 Å². The highest BCUT2D eigenvalue weighted by Gasteiger charge is 2.13. The van der Waals surface area contributed by atoms with Crippen LogP contribution in [0, 0.1) is 6.92 Å². The van der Waals surface area contributed by atoms with Crippen LogP contribution in [0.25, 0.3) is 0 Å². The van der Waals surface area contributed by atoms with Gasteiger partial charge >= 0.3 is 5.97 Å². The molecule has 0 fully saturated rings. The van der Waals surface area contributed by atoms with Gasteiger partial charge in [-0.25, -0.2) is 9.78 Å². The van der Waals surface area contributed by atoms with Crippen LogP contribution in [-0.2, 0) is 16.0 Å². The molecule has 1 aromatic heterocycles. The van der Waals surface area contributed by atoms with Crippen LogP contribution in [0.3, 0.4) is 0 Å². The SMILES string of the molecule is Cc1cnc(C(=O)OCC(=O)Nc2ccccc2Cc2ccccc2)cn1. The first-order chi connectivity index (χ1) is 13.1. The molecular formula is C21H19N3O3. The second kappa shape index (κ2) is 8.71. The molecule has 3 rings (SSSR count). The number of rotatable bonds is 6. The smallest absolute Gasteiger partial charge is 0.359 e. The molecule has 0 aliphatic heterocycles. The number of carbonyl (C=O) groups is 2. The molecule has 0 aliphatic rings. The van der Waals surface area contributed by atoms with Crippen molar-refractivity contribution in [3.05, 3.63) is 89.5 Å². The van der Waals surface area contributed by atoms with Gasteiger partial charge in [-0.15, -0.1) is 0 Å². The van der Waals surface area contributed by atoms with Crippen molar-refractivity contribution < 1.29 is 14.3 Å². The summed E-state index contributed by atoms with van der Waals surface area (Å²) in [5.41, 5.74) is 3.58. The number of amides is 1. The summed E-state index contributed by atoms with van der Waals surface area (Å²) in [5.74, 6) is -1.10. The number of hydrogen-bond acceptors (Lipinski definition) is 5. The maximum atomic E-state index is 12.2. The largest absolute Gasteiger partial charge is 0.451 e. The minimum Gasteiger partial charge on any atom is -0.451 e. The average Bonchev–Trinajstić information content (AvgIpc) is 2.69. The number of aryl methyl sites for hydroxylation is 1. The highest BCUT2D eigenvalue weighted by molar-refractivity contribution is 5.95. The summed E-state index contributed by atoms with van der Waals surface area (Å²) in [4.78, 5) is 32.0. The van der Waals surface area contributed by atoms with Crippen LogP contribution in [-0.4, -0.2) is 28.5 Å². The Morgan fingerprint density at radius 1 is 0.963 bits per heavy atom. The molecule has 0 saturated carbocycles. The lowest BCUT2D eigenvalue weighted by molar-refractivity contribution is -0.119. The summed E-state index contributed by atoms with van der Waals surface area (Å²) in [6.45, 7) is 1.37. The molecule has 0 spiro atoms. The van der Waals surface area contributed by atoms with Crippen molar-refractivity contribution in [1.82, 2.24) is 9.97 Å². The molecule has 0 atom stereocenters. The number of nitrogens with zero attached hydrogens (tertiary/aromatic N) is 2. The van der Waals surface area contributed by atoms with E-state index in [0.29, 0.717) is 17.8 Å². The second-order valence-corrected chi connectivity index (χ2v) is 5.99. The predicted molar refractivity (Wildman–Crippen MR) is 101 cm³/mol. The van der Waals surface area contributed by atoms with Gasteiger partial charge in [0.15, 0.2) is 12.3 Å². The number of carbonyl (C=O) groups excluding carboxylic acids is 2. The van der Waals surface area contributed by atoms with Crippen molar-refractivity contribution in [2.75, 3.05) is 11.9 Å². The monoisotopic (exact) mass is 361 g/mol. The molecule has 1 heterocycles.